The summed E-state index contributed by atoms with van der Waals surface area (Å²) in [5.41, 5.74) is 0. The second-order valence-electron chi connectivity index (χ2n) is 6.92. The zero-order valence-corrected chi connectivity index (χ0v) is 19.8. The van der Waals surface area contributed by atoms with Crippen molar-refractivity contribution >= 4 is 37.1 Å². The molecule has 0 saturated heterocycles. The van der Waals surface area contributed by atoms with Crippen molar-refractivity contribution in [1.82, 2.24) is 0 Å². The first-order valence-corrected chi connectivity index (χ1v) is 13.3. The molecule has 0 unspecified atom stereocenters. The van der Waals surface area contributed by atoms with E-state index in [1.165, 1.54) is 33.5 Å². The zero-order chi connectivity index (χ0) is 19.0. The van der Waals surface area contributed by atoms with Crippen LogP contribution in [0.25, 0.3) is 0 Å². The number of benzene rings is 4. The summed E-state index contributed by atoms with van der Waals surface area (Å²) in [5.74, 6) is 0. The maximum Gasteiger partial charge on any atom is 0.101 e. The fourth-order valence-corrected chi connectivity index (χ4v) is 9.92. The van der Waals surface area contributed by atoms with Crippen LogP contribution in [0.4, 0.5) is 0 Å². The molecule has 0 aliphatic carbocycles. The fourth-order valence-electron chi connectivity index (χ4n) is 3.72. The van der Waals surface area contributed by atoms with Gasteiger partial charge in [0, 0.05) is 20.4 Å². The SMILES string of the molecule is [Pd].c1ccc([PH+](CC[PH+](c2ccccc2)c2ccccc2)c2ccccc2)cc1. The topological polar surface area (TPSA) is 0 Å². The Balaban J connectivity index is 0.00000240. The second-order valence-corrected chi connectivity index (χ2v) is 12.1. The van der Waals surface area contributed by atoms with Gasteiger partial charge >= 0.3 is 0 Å². The monoisotopic (exact) mass is 506 g/mol. The Morgan fingerprint density at radius 3 is 0.759 bits per heavy atom. The van der Waals surface area contributed by atoms with Crippen molar-refractivity contribution in [2.45, 2.75) is 0 Å². The summed E-state index contributed by atoms with van der Waals surface area (Å²) in [6, 6.07) is 44.5. The van der Waals surface area contributed by atoms with Gasteiger partial charge in [-0.1, -0.05) is 72.8 Å². The first-order chi connectivity index (χ1) is 13.9. The molecule has 0 fully saturated rings. The van der Waals surface area contributed by atoms with E-state index in [1.807, 2.05) is 0 Å². The largest absolute Gasteiger partial charge is 0.101 e. The van der Waals surface area contributed by atoms with Gasteiger partial charge in [-0.05, 0) is 48.5 Å². The molecule has 0 aliphatic rings. The van der Waals surface area contributed by atoms with Crippen LogP contribution < -0.4 is 21.2 Å². The third-order valence-corrected chi connectivity index (χ3v) is 11.2. The van der Waals surface area contributed by atoms with Crippen molar-refractivity contribution in [3.8, 4) is 0 Å². The van der Waals surface area contributed by atoms with Crippen LogP contribution in [0.5, 0.6) is 0 Å². The standard InChI is InChI=1S/C26H24P2.Pd/c1-5-13-23(14-6-1)27(24-15-7-2-8-16-24)21-22-28(25-17-9-3-10-18-25)26-19-11-4-12-20-26;/h1-20H,21-22H2;/p+2. The molecule has 0 amide bonds. The van der Waals surface area contributed by atoms with Gasteiger partial charge < -0.3 is 0 Å². The van der Waals surface area contributed by atoms with Crippen molar-refractivity contribution < 1.29 is 20.4 Å². The van der Waals surface area contributed by atoms with Crippen molar-refractivity contribution in [3.05, 3.63) is 121 Å². The molecule has 0 aliphatic heterocycles. The van der Waals surface area contributed by atoms with Crippen LogP contribution in [-0.2, 0) is 20.4 Å². The first kappa shape index (κ1) is 22.1. The summed E-state index contributed by atoms with van der Waals surface area (Å²) < 4.78 is 0. The maximum atomic E-state index is 2.32. The molecule has 4 aromatic rings. The van der Waals surface area contributed by atoms with Gasteiger partial charge in [0.2, 0.25) is 0 Å². The van der Waals surface area contributed by atoms with E-state index in [2.05, 4.69) is 121 Å². The molecule has 0 spiro atoms. The van der Waals surface area contributed by atoms with E-state index < -0.39 is 15.8 Å². The Bertz CT molecular complexity index is 798. The first-order valence-electron chi connectivity index (χ1n) is 9.85. The van der Waals surface area contributed by atoms with E-state index in [-0.39, 0.29) is 20.4 Å². The summed E-state index contributed by atoms with van der Waals surface area (Å²) in [5, 5.41) is 6.06. The molecule has 0 atom stereocenters. The van der Waals surface area contributed by atoms with E-state index >= 15 is 0 Å². The van der Waals surface area contributed by atoms with Gasteiger partial charge in [-0.25, -0.2) is 0 Å². The normalized spacial score (nSPS) is 10.7. The molecule has 0 heterocycles. The molecular formula is C26H26P2Pd+2. The molecule has 4 rings (SSSR count). The Morgan fingerprint density at radius 2 is 0.552 bits per heavy atom. The van der Waals surface area contributed by atoms with Gasteiger partial charge in [0.25, 0.3) is 0 Å². The van der Waals surface area contributed by atoms with Crippen LogP contribution in [0.2, 0.25) is 0 Å². The summed E-state index contributed by atoms with van der Waals surface area (Å²) >= 11 is 0. The van der Waals surface area contributed by atoms with Crippen molar-refractivity contribution in [3.63, 3.8) is 0 Å². The van der Waals surface area contributed by atoms with Gasteiger partial charge in [-0.2, -0.15) is 0 Å². The Labute approximate surface area is 190 Å². The van der Waals surface area contributed by atoms with Crippen LogP contribution in [0.1, 0.15) is 0 Å². The quantitative estimate of drug-likeness (QED) is 0.251. The minimum atomic E-state index is -0.783. The number of hydrogen-bond acceptors (Lipinski definition) is 0. The maximum absolute atomic E-state index is 2.32. The molecule has 0 nitrogen and oxygen atoms in total. The van der Waals surface area contributed by atoms with E-state index in [0.29, 0.717) is 0 Å². The summed E-state index contributed by atoms with van der Waals surface area (Å²) in [7, 11) is -1.57. The van der Waals surface area contributed by atoms with Crippen LogP contribution in [0.15, 0.2) is 121 Å². The fraction of sp³-hybridized carbons (Fsp3) is 0.0769. The average molecular weight is 507 g/mol. The van der Waals surface area contributed by atoms with Crippen molar-refractivity contribution in [2.75, 3.05) is 12.3 Å². The molecule has 29 heavy (non-hydrogen) atoms. The summed E-state index contributed by atoms with van der Waals surface area (Å²) in [6.07, 6.45) is 2.52. The van der Waals surface area contributed by atoms with E-state index in [9.17, 15) is 0 Å². The Morgan fingerprint density at radius 1 is 0.345 bits per heavy atom. The van der Waals surface area contributed by atoms with Crippen molar-refractivity contribution in [2.24, 2.45) is 0 Å². The van der Waals surface area contributed by atoms with Crippen LogP contribution >= 0.6 is 15.8 Å². The molecule has 0 N–H and O–H groups in total. The molecule has 148 valence electrons. The average Bonchev–Trinajstić information content (AvgIpc) is 2.79. The second kappa shape index (κ2) is 11.6. The molecule has 0 bridgehead atoms. The van der Waals surface area contributed by atoms with Crippen LogP contribution in [0, 0.1) is 0 Å². The van der Waals surface area contributed by atoms with Gasteiger partial charge in [0.15, 0.2) is 0 Å². The minimum Gasteiger partial charge on any atom is -0.0620 e. The van der Waals surface area contributed by atoms with E-state index in [1.54, 1.807) is 0 Å². The Kier molecular flexibility index (Phi) is 8.80. The Hall–Kier alpha value is -1.60. The molecule has 4 aromatic carbocycles. The third-order valence-electron chi connectivity index (χ3n) is 5.11. The van der Waals surface area contributed by atoms with Gasteiger partial charge in [-0.3, -0.25) is 0 Å². The minimum absolute atomic E-state index is 0. The van der Waals surface area contributed by atoms with E-state index in [0.717, 1.165) is 0 Å². The van der Waals surface area contributed by atoms with Gasteiger partial charge in [0.05, 0.1) is 37.1 Å². The van der Waals surface area contributed by atoms with Crippen molar-refractivity contribution in [1.29, 1.82) is 0 Å². The van der Waals surface area contributed by atoms with Gasteiger partial charge in [0.1, 0.15) is 12.3 Å². The summed E-state index contributed by atoms with van der Waals surface area (Å²) in [6.45, 7) is 0. The number of hydrogen-bond donors (Lipinski definition) is 0. The molecule has 0 saturated carbocycles. The predicted molar refractivity (Wildman–Crippen MR) is 131 cm³/mol. The zero-order valence-electron chi connectivity index (χ0n) is 16.3. The van der Waals surface area contributed by atoms with E-state index in [4.69, 9.17) is 0 Å². The summed E-state index contributed by atoms with van der Waals surface area (Å²) in [4.78, 5) is 0. The molecular weight excluding hydrogens is 481 g/mol. The molecule has 0 aromatic heterocycles. The number of rotatable bonds is 7. The predicted octanol–water partition coefficient (Wildman–Crippen LogP) is 4.71. The van der Waals surface area contributed by atoms with Crippen LogP contribution in [-0.4, -0.2) is 12.3 Å². The van der Waals surface area contributed by atoms with Crippen LogP contribution in [0.3, 0.4) is 0 Å². The smallest absolute Gasteiger partial charge is 0.0620 e. The molecule has 0 radical (unpaired) electrons. The molecule has 3 heteroatoms. The third kappa shape index (κ3) is 5.95. The van der Waals surface area contributed by atoms with Gasteiger partial charge in [-0.15, -0.1) is 0 Å².